The number of hydrogen-bond donors (Lipinski definition) is 3. The maximum atomic E-state index is 11.8. The number of halogens is 1. The summed E-state index contributed by atoms with van der Waals surface area (Å²) in [5, 5.41) is 20.3. The van der Waals surface area contributed by atoms with Crippen LogP contribution < -0.4 is 5.32 Å². The van der Waals surface area contributed by atoms with Crippen molar-refractivity contribution in [2.45, 2.75) is 25.3 Å². The van der Waals surface area contributed by atoms with E-state index >= 15 is 0 Å². The molecule has 0 bridgehead atoms. The van der Waals surface area contributed by atoms with Gasteiger partial charge in [0.15, 0.2) is 0 Å². The Morgan fingerprint density at radius 1 is 1.15 bits per heavy atom. The molecule has 3 N–H and O–H groups in total. The molecule has 0 heterocycles. The summed E-state index contributed by atoms with van der Waals surface area (Å²) in [7, 11) is 0. The molecule has 0 radical (unpaired) electrons. The second-order valence-electron chi connectivity index (χ2n) is 4.16. The van der Waals surface area contributed by atoms with Crippen molar-refractivity contribution in [1.82, 2.24) is 5.32 Å². The number of amides is 1. The van der Waals surface area contributed by atoms with Gasteiger partial charge in [-0.05, 0) is 37.1 Å². The zero-order valence-electron chi connectivity index (χ0n) is 10.5. The molecule has 0 aromatic heterocycles. The molecular formula is C13H14ClNO5. The van der Waals surface area contributed by atoms with Crippen molar-refractivity contribution in [2.75, 3.05) is 0 Å². The van der Waals surface area contributed by atoms with E-state index in [0.29, 0.717) is 10.6 Å². The molecule has 20 heavy (non-hydrogen) atoms. The van der Waals surface area contributed by atoms with E-state index in [1.54, 1.807) is 0 Å². The minimum atomic E-state index is -1.20. The van der Waals surface area contributed by atoms with E-state index in [1.165, 1.54) is 24.3 Å². The first-order valence-electron chi connectivity index (χ1n) is 5.91. The van der Waals surface area contributed by atoms with Gasteiger partial charge in [-0.2, -0.15) is 0 Å². The predicted octanol–water partition coefficient (Wildman–Crippen LogP) is 1.78. The van der Waals surface area contributed by atoms with Gasteiger partial charge in [0.05, 0.1) is 0 Å². The Balaban J connectivity index is 2.60. The fourth-order valence-corrected chi connectivity index (χ4v) is 1.68. The molecule has 1 amide bonds. The van der Waals surface area contributed by atoms with Crippen LogP contribution in [0.5, 0.6) is 0 Å². The van der Waals surface area contributed by atoms with E-state index in [0.717, 1.165) is 0 Å². The zero-order valence-corrected chi connectivity index (χ0v) is 11.3. The smallest absolute Gasteiger partial charge is 0.326 e. The molecule has 1 aromatic carbocycles. The van der Waals surface area contributed by atoms with Crippen LogP contribution in [0.4, 0.5) is 0 Å². The van der Waals surface area contributed by atoms with Crippen molar-refractivity contribution in [3.63, 3.8) is 0 Å². The highest BCUT2D eigenvalue weighted by atomic mass is 35.5. The second kappa shape index (κ2) is 7.49. The highest BCUT2D eigenvalue weighted by Crippen LogP contribution is 2.10. The molecule has 1 aromatic rings. The van der Waals surface area contributed by atoms with Crippen LogP contribution in [0.1, 0.15) is 29.6 Å². The molecule has 0 aliphatic heterocycles. The number of aliphatic carboxylic acids is 2. The van der Waals surface area contributed by atoms with Gasteiger partial charge in [0.1, 0.15) is 6.04 Å². The quantitative estimate of drug-likeness (QED) is 0.712. The third kappa shape index (κ3) is 5.27. The first kappa shape index (κ1) is 16.0. The first-order chi connectivity index (χ1) is 9.40. The fraction of sp³-hybridized carbons (Fsp3) is 0.308. The van der Waals surface area contributed by atoms with Crippen LogP contribution in [-0.2, 0) is 9.59 Å². The van der Waals surface area contributed by atoms with E-state index in [1.807, 2.05) is 0 Å². The van der Waals surface area contributed by atoms with Gasteiger partial charge in [-0.3, -0.25) is 9.59 Å². The lowest BCUT2D eigenvalue weighted by Crippen LogP contribution is -2.40. The van der Waals surface area contributed by atoms with Gasteiger partial charge in [-0.15, -0.1) is 0 Å². The van der Waals surface area contributed by atoms with Crippen molar-refractivity contribution >= 4 is 29.4 Å². The molecule has 1 atom stereocenters. The summed E-state index contributed by atoms with van der Waals surface area (Å²) in [5.74, 6) is -2.74. The van der Waals surface area contributed by atoms with Crippen LogP contribution in [0.3, 0.4) is 0 Å². The fourth-order valence-electron chi connectivity index (χ4n) is 1.56. The third-order valence-electron chi connectivity index (χ3n) is 2.59. The molecule has 1 unspecified atom stereocenters. The van der Waals surface area contributed by atoms with Crippen molar-refractivity contribution in [1.29, 1.82) is 0 Å². The Morgan fingerprint density at radius 2 is 1.75 bits per heavy atom. The van der Waals surface area contributed by atoms with Gasteiger partial charge >= 0.3 is 11.9 Å². The average molecular weight is 300 g/mol. The zero-order chi connectivity index (χ0) is 15.1. The largest absolute Gasteiger partial charge is 0.481 e. The lowest BCUT2D eigenvalue weighted by Gasteiger charge is -2.14. The number of carbonyl (C=O) groups excluding carboxylic acids is 1. The monoisotopic (exact) mass is 299 g/mol. The SMILES string of the molecule is O=C(O)CCCC(NC(=O)c1ccc(Cl)cc1)C(=O)O. The first-order valence-corrected chi connectivity index (χ1v) is 6.29. The average Bonchev–Trinajstić information content (AvgIpc) is 2.37. The van der Waals surface area contributed by atoms with E-state index in [-0.39, 0.29) is 19.3 Å². The van der Waals surface area contributed by atoms with E-state index in [4.69, 9.17) is 21.8 Å². The van der Waals surface area contributed by atoms with Gasteiger partial charge in [0.2, 0.25) is 0 Å². The minimum Gasteiger partial charge on any atom is -0.481 e. The predicted molar refractivity (Wildman–Crippen MR) is 71.8 cm³/mol. The molecular weight excluding hydrogens is 286 g/mol. The Morgan fingerprint density at radius 3 is 2.25 bits per heavy atom. The van der Waals surface area contributed by atoms with Gasteiger partial charge in [-0.1, -0.05) is 11.6 Å². The minimum absolute atomic E-state index is 0.0565. The molecule has 0 aliphatic carbocycles. The number of carbonyl (C=O) groups is 3. The maximum absolute atomic E-state index is 11.8. The summed E-state index contributed by atoms with van der Waals surface area (Å²) >= 11 is 5.69. The van der Waals surface area contributed by atoms with Crippen LogP contribution in [-0.4, -0.2) is 34.1 Å². The molecule has 0 spiro atoms. The molecule has 6 nitrogen and oxygen atoms in total. The van der Waals surface area contributed by atoms with E-state index in [2.05, 4.69) is 5.32 Å². The van der Waals surface area contributed by atoms with Crippen LogP contribution in [0.2, 0.25) is 5.02 Å². The third-order valence-corrected chi connectivity index (χ3v) is 2.85. The van der Waals surface area contributed by atoms with E-state index in [9.17, 15) is 14.4 Å². The topological polar surface area (TPSA) is 104 Å². The maximum Gasteiger partial charge on any atom is 0.326 e. The number of carboxylic acids is 2. The molecule has 0 aliphatic rings. The normalized spacial score (nSPS) is 11.7. The number of rotatable bonds is 7. The number of benzene rings is 1. The number of carboxylic acid groups (broad SMARTS) is 2. The summed E-state index contributed by atoms with van der Waals surface area (Å²) in [6.07, 6.45) is 0.0920. The molecule has 7 heteroatoms. The van der Waals surface area contributed by atoms with E-state index < -0.39 is 23.9 Å². The van der Waals surface area contributed by atoms with Gasteiger partial charge in [-0.25, -0.2) is 4.79 Å². The Kier molecular flexibility index (Phi) is 5.99. The summed E-state index contributed by atoms with van der Waals surface area (Å²) in [6.45, 7) is 0. The van der Waals surface area contributed by atoms with Crippen molar-refractivity contribution in [3.8, 4) is 0 Å². The van der Waals surface area contributed by atoms with Crippen molar-refractivity contribution < 1.29 is 24.6 Å². The van der Waals surface area contributed by atoms with Crippen LogP contribution >= 0.6 is 11.6 Å². The summed E-state index contributed by atoms with van der Waals surface area (Å²) in [4.78, 5) is 33.2. The van der Waals surface area contributed by atoms with Crippen LogP contribution in [0.25, 0.3) is 0 Å². The second-order valence-corrected chi connectivity index (χ2v) is 4.59. The summed E-state index contributed by atoms with van der Waals surface area (Å²) in [6, 6.07) is 4.90. The van der Waals surface area contributed by atoms with Crippen LogP contribution in [0.15, 0.2) is 24.3 Å². The summed E-state index contributed by atoms with van der Waals surface area (Å²) in [5.41, 5.74) is 0.291. The highest BCUT2D eigenvalue weighted by molar-refractivity contribution is 6.30. The lowest BCUT2D eigenvalue weighted by molar-refractivity contribution is -0.140. The number of hydrogen-bond acceptors (Lipinski definition) is 3. The summed E-state index contributed by atoms with van der Waals surface area (Å²) < 4.78 is 0. The van der Waals surface area contributed by atoms with Crippen LogP contribution in [0, 0.1) is 0 Å². The Labute approximate surface area is 120 Å². The standard InChI is InChI=1S/C13H14ClNO5/c14-9-6-4-8(5-7-9)12(18)15-10(13(19)20)2-1-3-11(16)17/h4-7,10H,1-3H2,(H,15,18)(H,16,17)(H,19,20). The lowest BCUT2D eigenvalue weighted by atomic mass is 10.1. The molecule has 0 fully saturated rings. The van der Waals surface area contributed by atoms with Crippen molar-refractivity contribution in [3.05, 3.63) is 34.9 Å². The van der Waals surface area contributed by atoms with Gasteiger partial charge in [0, 0.05) is 17.0 Å². The molecule has 108 valence electrons. The Hall–Kier alpha value is -2.08. The number of nitrogens with one attached hydrogen (secondary N) is 1. The molecule has 0 saturated heterocycles. The van der Waals surface area contributed by atoms with Crippen molar-refractivity contribution in [2.24, 2.45) is 0 Å². The molecule has 1 rings (SSSR count). The molecule has 0 saturated carbocycles. The van der Waals surface area contributed by atoms with Gasteiger partial charge in [0.25, 0.3) is 5.91 Å². The Bertz CT molecular complexity index is 500. The highest BCUT2D eigenvalue weighted by Gasteiger charge is 2.20. The van der Waals surface area contributed by atoms with Gasteiger partial charge < -0.3 is 15.5 Å².